The number of nitrogens with zero attached hydrogens (tertiary/aromatic N) is 2. The summed E-state index contributed by atoms with van der Waals surface area (Å²) in [6.07, 6.45) is 1.21. The maximum atomic E-state index is 6.23. The molecule has 1 aromatic carbocycles. The van der Waals surface area contributed by atoms with Gasteiger partial charge in [-0.15, -0.1) is 0 Å². The summed E-state index contributed by atoms with van der Waals surface area (Å²) in [4.78, 5) is 4.97. The van der Waals surface area contributed by atoms with Gasteiger partial charge in [0.05, 0.1) is 0 Å². The van der Waals surface area contributed by atoms with E-state index in [4.69, 9.17) is 17.3 Å². The number of nitrogens with two attached hydrogens (primary N) is 1. The number of hydrogen-bond acceptors (Lipinski definition) is 3. The molecule has 1 atom stereocenters. The highest BCUT2D eigenvalue weighted by Crippen LogP contribution is 2.28. The van der Waals surface area contributed by atoms with Crippen molar-refractivity contribution < 1.29 is 0 Å². The maximum Gasteiger partial charge on any atom is 0.0471 e. The van der Waals surface area contributed by atoms with Crippen LogP contribution in [0.15, 0.2) is 18.2 Å². The number of hydrogen-bond donors (Lipinski definition) is 1. The fraction of sp³-hybridized carbons (Fsp3) is 0.600. The van der Waals surface area contributed by atoms with Gasteiger partial charge in [0, 0.05) is 55.0 Å². The van der Waals surface area contributed by atoms with E-state index in [9.17, 15) is 0 Å². The number of rotatable bonds is 4. The van der Waals surface area contributed by atoms with Crippen LogP contribution in [0.1, 0.15) is 25.8 Å². The molecule has 1 fully saturated rings. The summed E-state index contributed by atoms with van der Waals surface area (Å²) in [6.45, 7) is 9.40. The lowest BCUT2D eigenvalue weighted by Crippen LogP contribution is -2.49. The lowest BCUT2D eigenvalue weighted by atomic mass is 10.1. The molecule has 1 unspecified atom stereocenters. The molecule has 0 bridgehead atoms. The third-order valence-electron chi connectivity index (χ3n) is 4.17. The van der Waals surface area contributed by atoms with Gasteiger partial charge in [-0.05, 0) is 25.5 Å². The molecule has 0 spiro atoms. The predicted molar refractivity (Wildman–Crippen MR) is 82.9 cm³/mol. The van der Waals surface area contributed by atoms with Crippen LogP contribution in [0.2, 0.25) is 5.02 Å². The van der Waals surface area contributed by atoms with E-state index in [-0.39, 0.29) is 0 Å². The summed E-state index contributed by atoms with van der Waals surface area (Å²) in [6, 6.07) is 6.74. The first-order valence-corrected chi connectivity index (χ1v) is 7.51. The smallest absolute Gasteiger partial charge is 0.0471 e. The van der Waals surface area contributed by atoms with Crippen LogP contribution in [-0.4, -0.2) is 37.1 Å². The van der Waals surface area contributed by atoms with E-state index < -0.39 is 0 Å². The van der Waals surface area contributed by atoms with Crippen molar-refractivity contribution in [3.63, 3.8) is 0 Å². The predicted octanol–water partition coefficient (Wildman–Crippen LogP) is 2.72. The zero-order valence-corrected chi connectivity index (χ0v) is 12.7. The fourth-order valence-corrected chi connectivity index (χ4v) is 2.95. The van der Waals surface area contributed by atoms with Crippen LogP contribution in [-0.2, 0) is 6.54 Å². The number of anilines is 1. The van der Waals surface area contributed by atoms with Crippen molar-refractivity contribution in [3.8, 4) is 0 Å². The first-order valence-electron chi connectivity index (χ1n) is 7.13. The molecule has 1 aromatic rings. The van der Waals surface area contributed by atoms with Gasteiger partial charge in [-0.3, -0.25) is 4.90 Å². The molecule has 0 amide bonds. The van der Waals surface area contributed by atoms with Crippen LogP contribution in [0.25, 0.3) is 0 Å². The van der Waals surface area contributed by atoms with E-state index in [1.165, 1.54) is 12.1 Å². The summed E-state index contributed by atoms with van der Waals surface area (Å²) >= 11 is 6.23. The van der Waals surface area contributed by atoms with Crippen molar-refractivity contribution in [3.05, 3.63) is 28.8 Å². The zero-order chi connectivity index (χ0) is 13.8. The molecule has 106 valence electrons. The Morgan fingerprint density at radius 3 is 2.53 bits per heavy atom. The van der Waals surface area contributed by atoms with Gasteiger partial charge in [0.15, 0.2) is 0 Å². The van der Waals surface area contributed by atoms with E-state index in [2.05, 4.69) is 29.7 Å². The summed E-state index contributed by atoms with van der Waals surface area (Å²) in [5.41, 5.74) is 8.11. The SMILES string of the molecule is CCC(C)N1CCN(c2cccc(Cl)c2CN)CC1. The Morgan fingerprint density at radius 2 is 1.95 bits per heavy atom. The molecule has 1 saturated heterocycles. The summed E-state index contributed by atoms with van der Waals surface area (Å²) < 4.78 is 0. The lowest BCUT2D eigenvalue weighted by Gasteiger charge is -2.39. The molecule has 0 aliphatic carbocycles. The topological polar surface area (TPSA) is 32.5 Å². The van der Waals surface area contributed by atoms with Crippen LogP contribution in [0, 0.1) is 0 Å². The average Bonchev–Trinajstić information content (AvgIpc) is 2.46. The first-order chi connectivity index (χ1) is 9.17. The van der Waals surface area contributed by atoms with Gasteiger partial charge in [0.25, 0.3) is 0 Å². The average molecular weight is 282 g/mol. The number of benzene rings is 1. The summed E-state index contributed by atoms with van der Waals surface area (Å²) in [5, 5.41) is 0.782. The van der Waals surface area contributed by atoms with Crippen molar-refractivity contribution in [2.75, 3.05) is 31.1 Å². The van der Waals surface area contributed by atoms with Gasteiger partial charge >= 0.3 is 0 Å². The Kier molecular flexibility index (Phi) is 5.08. The minimum Gasteiger partial charge on any atom is -0.369 e. The van der Waals surface area contributed by atoms with Crippen LogP contribution in [0.5, 0.6) is 0 Å². The second kappa shape index (κ2) is 6.60. The highest BCUT2D eigenvalue weighted by atomic mass is 35.5. The molecule has 0 radical (unpaired) electrons. The Labute approximate surface area is 121 Å². The van der Waals surface area contributed by atoms with Gasteiger partial charge < -0.3 is 10.6 Å². The van der Waals surface area contributed by atoms with Crippen LogP contribution in [0.3, 0.4) is 0 Å². The van der Waals surface area contributed by atoms with Gasteiger partial charge in [-0.1, -0.05) is 24.6 Å². The van der Waals surface area contributed by atoms with Gasteiger partial charge in [-0.25, -0.2) is 0 Å². The first kappa shape index (κ1) is 14.6. The molecular formula is C15H24ClN3. The molecule has 0 saturated carbocycles. The maximum absolute atomic E-state index is 6.23. The van der Waals surface area contributed by atoms with Crippen molar-refractivity contribution in [2.45, 2.75) is 32.9 Å². The highest BCUT2D eigenvalue weighted by Gasteiger charge is 2.21. The minimum absolute atomic E-state index is 0.501. The Bertz CT molecular complexity index is 414. The molecule has 4 heteroatoms. The molecule has 2 N–H and O–H groups in total. The monoisotopic (exact) mass is 281 g/mol. The summed E-state index contributed by atoms with van der Waals surface area (Å²) in [7, 11) is 0. The van der Waals surface area contributed by atoms with Gasteiger partial charge in [0.2, 0.25) is 0 Å². The third-order valence-corrected chi connectivity index (χ3v) is 4.52. The molecule has 0 aromatic heterocycles. The Balaban J connectivity index is 2.08. The molecule has 3 nitrogen and oxygen atoms in total. The Hall–Kier alpha value is -0.770. The second-order valence-electron chi connectivity index (χ2n) is 5.22. The molecule has 1 heterocycles. The third kappa shape index (κ3) is 3.22. The summed E-state index contributed by atoms with van der Waals surface area (Å²) in [5.74, 6) is 0. The van der Waals surface area contributed by atoms with Crippen LogP contribution >= 0.6 is 11.6 Å². The highest BCUT2D eigenvalue weighted by molar-refractivity contribution is 6.31. The second-order valence-corrected chi connectivity index (χ2v) is 5.63. The zero-order valence-electron chi connectivity index (χ0n) is 11.9. The quantitative estimate of drug-likeness (QED) is 0.921. The van der Waals surface area contributed by atoms with Crippen molar-refractivity contribution in [1.29, 1.82) is 0 Å². The van der Waals surface area contributed by atoms with Crippen molar-refractivity contribution in [2.24, 2.45) is 5.73 Å². The fourth-order valence-electron chi connectivity index (χ4n) is 2.71. The molecule has 19 heavy (non-hydrogen) atoms. The van der Waals surface area contributed by atoms with E-state index in [0.717, 1.165) is 36.8 Å². The Morgan fingerprint density at radius 1 is 1.26 bits per heavy atom. The van der Waals surface area contributed by atoms with Gasteiger partial charge in [-0.2, -0.15) is 0 Å². The van der Waals surface area contributed by atoms with E-state index in [1.54, 1.807) is 0 Å². The normalized spacial score (nSPS) is 18.6. The van der Waals surface area contributed by atoms with Crippen LogP contribution < -0.4 is 10.6 Å². The minimum atomic E-state index is 0.501. The van der Waals surface area contributed by atoms with E-state index >= 15 is 0 Å². The van der Waals surface area contributed by atoms with Crippen molar-refractivity contribution in [1.82, 2.24) is 4.90 Å². The van der Waals surface area contributed by atoms with E-state index in [0.29, 0.717) is 12.6 Å². The van der Waals surface area contributed by atoms with Crippen molar-refractivity contribution >= 4 is 17.3 Å². The largest absolute Gasteiger partial charge is 0.369 e. The van der Waals surface area contributed by atoms with Crippen LogP contribution in [0.4, 0.5) is 5.69 Å². The molecule has 2 rings (SSSR count). The lowest BCUT2D eigenvalue weighted by molar-refractivity contribution is 0.192. The van der Waals surface area contributed by atoms with E-state index in [1.807, 2.05) is 12.1 Å². The van der Waals surface area contributed by atoms with Gasteiger partial charge in [0.1, 0.15) is 0 Å². The molecule has 1 aliphatic heterocycles. The molecular weight excluding hydrogens is 258 g/mol. The standard InChI is InChI=1S/C15H24ClN3/c1-3-12(2)18-7-9-19(10-8-18)15-6-4-5-14(16)13(15)11-17/h4-6,12H,3,7-11,17H2,1-2H3. The number of piperazine rings is 1. The number of halogens is 1. The molecule has 1 aliphatic rings.